The molecule has 3 nitrogen and oxygen atoms in total. The van der Waals surface area contributed by atoms with E-state index in [1.54, 1.807) is 4.90 Å². The van der Waals surface area contributed by atoms with Gasteiger partial charge in [-0.1, -0.05) is 30.1 Å². The summed E-state index contributed by atoms with van der Waals surface area (Å²) in [5, 5.41) is 0.873. The first-order valence-electron chi connectivity index (χ1n) is 3.95. The van der Waals surface area contributed by atoms with Crippen molar-refractivity contribution in [3.8, 4) is 0 Å². The molecule has 0 saturated carbocycles. The zero-order chi connectivity index (χ0) is 10.0. The van der Waals surface area contributed by atoms with Crippen LogP contribution in [0.4, 0.5) is 5.95 Å². The van der Waals surface area contributed by atoms with E-state index in [2.05, 4.69) is 9.97 Å². The number of anilines is 1. The van der Waals surface area contributed by atoms with E-state index in [-0.39, 0.29) is 0 Å². The monoisotopic (exact) mass is 219 g/mol. The molecule has 1 rings (SSSR count). The van der Waals surface area contributed by atoms with Gasteiger partial charge in [0.1, 0.15) is 10.3 Å². The van der Waals surface area contributed by atoms with Crippen molar-refractivity contribution in [2.24, 2.45) is 0 Å². The molecule has 0 aliphatic rings. The van der Waals surface area contributed by atoms with Crippen molar-refractivity contribution in [2.45, 2.75) is 13.3 Å². The molecular formula is C8H11Cl2N3. The van der Waals surface area contributed by atoms with E-state index in [0.29, 0.717) is 16.3 Å². The number of nitrogens with zero attached hydrogens (tertiary/aromatic N) is 3. The predicted octanol–water partition coefficient (Wildman–Crippen LogP) is 2.41. The maximum absolute atomic E-state index is 5.92. The van der Waals surface area contributed by atoms with Gasteiger partial charge in [0, 0.05) is 19.7 Å². The lowest BCUT2D eigenvalue weighted by Gasteiger charge is -2.12. The fourth-order valence-corrected chi connectivity index (χ4v) is 1.56. The minimum Gasteiger partial charge on any atom is -0.347 e. The van der Waals surface area contributed by atoms with Crippen LogP contribution in [0.2, 0.25) is 10.3 Å². The highest BCUT2D eigenvalue weighted by Gasteiger charge is 2.10. The lowest BCUT2D eigenvalue weighted by atomic mass is 10.3. The van der Waals surface area contributed by atoms with Crippen LogP contribution in [0.5, 0.6) is 0 Å². The second-order valence-electron chi connectivity index (χ2n) is 2.83. The normalized spacial score (nSPS) is 10.2. The van der Waals surface area contributed by atoms with Gasteiger partial charge in [0.2, 0.25) is 5.95 Å². The van der Waals surface area contributed by atoms with Crippen LogP contribution in [0.15, 0.2) is 0 Å². The van der Waals surface area contributed by atoms with Crippen molar-refractivity contribution in [1.82, 2.24) is 9.97 Å². The van der Waals surface area contributed by atoms with Crippen LogP contribution < -0.4 is 4.90 Å². The molecule has 0 saturated heterocycles. The first-order valence-corrected chi connectivity index (χ1v) is 4.71. The summed E-state index contributed by atoms with van der Waals surface area (Å²) >= 11 is 11.8. The Kier molecular flexibility index (Phi) is 3.33. The third-order valence-electron chi connectivity index (χ3n) is 1.65. The molecule has 1 heterocycles. The minimum absolute atomic E-state index is 0.436. The number of rotatable bonds is 2. The van der Waals surface area contributed by atoms with Gasteiger partial charge in [0.05, 0.1) is 0 Å². The van der Waals surface area contributed by atoms with Gasteiger partial charge < -0.3 is 4.90 Å². The molecule has 0 atom stereocenters. The van der Waals surface area contributed by atoms with Gasteiger partial charge in [-0.25, -0.2) is 9.97 Å². The topological polar surface area (TPSA) is 29.0 Å². The number of hydrogen-bond donors (Lipinski definition) is 0. The Morgan fingerprint density at radius 3 is 1.92 bits per heavy atom. The highest BCUT2D eigenvalue weighted by molar-refractivity contribution is 6.34. The Morgan fingerprint density at radius 1 is 1.15 bits per heavy atom. The van der Waals surface area contributed by atoms with Crippen molar-refractivity contribution in [3.63, 3.8) is 0 Å². The molecule has 0 amide bonds. The van der Waals surface area contributed by atoms with Gasteiger partial charge in [-0.2, -0.15) is 0 Å². The second kappa shape index (κ2) is 4.11. The molecule has 1 aromatic rings. The number of hydrogen-bond acceptors (Lipinski definition) is 3. The van der Waals surface area contributed by atoms with Gasteiger partial charge in [0.25, 0.3) is 0 Å². The molecule has 13 heavy (non-hydrogen) atoms. The molecular weight excluding hydrogens is 209 g/mol. The molecule has 0 unspecified atom stereocenters. The highest BCUT2D eigenvalue weighted by Crippen LogP contribution is 2.23. The Morgan fingerprint density at radius 2 is 1.62 bits per heavy atom. The van der Waals surface area contributed by atoms with E-state index in [4.69, 9.17) is 23.2 Å². The Bertz CT molecular complexity index is 289. The minimum atomic E-state index is 0.436. The smallest absolute Gasteiger partial charge is 0.227 e. The van der Waals surface area contributed by atoms with Crippen LogP contribution in [0.3, 0.4) is 0 Å². The molecule has 0 aliphatic heterocycles. The molecule has 5 heteroatoms. The van der Waals surface area contributed by atoms with Crippen LogP contribution in [0, 0.1) is 0 Å². The molecule has 1 aromatic heterocycles. The zero-order valence-electron chi connectivity index (χ0n) is 7.80. The second-order valence-corrected chi connectivity index (χ2v) is 3.55. The molecule has 0 N–H and O–H groups in total. The van der Waals surface area contributed by atoms with E-state index < -0.39 is 0 Å². The van der Waals surface area contributed by atoms with Crippen LogP contribution in [-0.4, -0.2) is 24.1 Å². The summed E-state index contributed by atoms with van der Waals surface area (Å²) < 4.78 is 0. The summed E-state index contributed by atoms with van der Waals surface area (Å²) in [7, 11) is 3.68. The standard InChI is InChI=1S/C8H11Cl2N3/c1-4-5-6(9)11-8(13(2)3)12-7(5)10/h4H2,1-3H3. The molecule has 0 aromatic carbocycles. The average Bonchev–Trinajstić information content (AvgIpc) is 2.03. The van der Waals surface area contributed by atoms with E-state index in [1.807, 2.05) is 21.0 Å². The van der Waals surface area contributed by atoms with E-state index >= 15 is 0 Å². The van der Waals surface area contributed by atoms with Gasteiger partial charge in [-0.15, -0.1) is 0 Å². The lowest BCUT2D eigenvalue weighted by Crippen LogP contribution is -2.13. The maximum atomic E-state index is 5.92. The maximum Gasteiger partial charge on any atom is 0.227 e. The van der Waals surface area contributed by atoms with Crippen molar-refractivity contribution in [1.29, 1.82) is 0 Å². The van der Waals surface area contributed by atoms with Crippen molar-refractivity contribution in [3.05, 3.63) is 15.9 Å². The summed E-state index contributed by atoms with van der Waals surface area (Å²) in [5.41, 5.74) is 0.800. The van der Waals surface area contributed by atoms with Crippen LogP contribution in [-0.2, 0) is 6.42 Å². The molecule has 0 radical (unpaired) electrons. The molecule has 0 spiro atoms. The summed E-state index contributed by atoms with van der Waals surface area (Å²) in [5.74, 6) is 0.534. The van der Waals surface area contributed by atoms with Gasteiger partial charge in [-0.3, -0.25) is 0 Å². The fourth-order valence-electron chi connectivity index (χ4n) is 0.912. The third-order valence-corrected chi connectivity index (χ3v) is 2.27. The van der Waals surface area contributed by atoms with Crippen molar-refractivity contribution < 1.29 is 0 Å². The van der Waals surface area contributed by atoms with Crippen molar-refractivity contribution >= 4 is 29.2 Å². The first kappa shape index (κ1) is 10.5. The Balaban J connectivity index is 3.20. The number of aromatic nitrogens is 2. The van der Waals surface area contributed by atoms with Crippen molar-refractivity contribution in [2.75, 3.05) is 19.0 Å². The Labute approximate surface area is 87.7 Å². The summed E-state index contributed by atoms with van der Waals surface area (Å²) in [6.45, 7) is 1.96. The van der Waals surface area contributed by atoms with Gasteiger partial charge in [-0.05, 0) is 6.42 Å². The van der Waals surface area contributed by atoms with Crippen LogP contribution in [0.25, 0.3) is 0 Å². The van der Waals surface area contributed by atoms with Gasteiger partial charge in [0.15, 0.2) is 0 Å². The average molecular weight is 220 g/mol. The predicted molar refractivity (Wildman–Crippen MR) is 55.8 cm³/mol. The van der Waals surface area contributed by atoms with E-state index in [1.165, 1.54) is 0 Å². The Hall–Kier alpha value is -0.540. The fraction of sp³-hybridized carbons (Fsp3) is 0.500. The lowest BCUT2D eigenvalue weighted by molar-refractivity contribution is 0.969. The van der Waals surface area contributed by atoms with E-state index in [0.717, 1.165) is 12.0 Å². The zero-order valence-corrected chi connectivity index (χ0v) is 9.32. The van der Waals surface area contributed by atoms with Gasteiger partial charge >= 0.3 is 0 Å². The molecule has 0 fully saturated rings. The first-order chi connectivity index (χ1) is 6.06. The number of halogens is 2. The summed E-state index contributed by atoms with van der Waals surface area (Å²) in [4.78, 5) is 9.96. The van der Waals surface area contributed by atoms with Crippen LogP contribution >= 0.6 is 23.2 Å². The van der Waals surface area contributed by atoms with E-state index in [9.17, 15) is 0 Å². The highest BCUT2D eigenvalue weighted by atomic mass is 35.5. The summed E-state index contributed by atoms with van der Waals surface area (Å²) in [6, 6.07) is 0. The molecule has 0 bridgehead atoms. The largest absolute Gasteiger partial charge is 0.347 e. The summed E-state index contributed by atoms with van der Waals surface area (Å²) in [6.07, 6.45) is 0.741. The third kappa shape index (κ3) is 2.23. The SMILES string of the molecule is CCc1c(Cl)nc(N(C)C)nc1Cl. The molecule has 0 aliphatic carbocycles. The van der Waals surface area contributed by atoms with Crippen LogP contribution in [0.1, 0.15) is 12.5 Å². The molecule has 72 valence electrons. The quantitative estimate of drug-likeness (QED) is 0.716.